The Hall–Kier alpha value is -1.42. The SMILES string of the molecule is Nc1nc(Br)ccc1Cc1cccc(F)c1. The summed E-state index contributed by atoms with van der Waals surface area (Å²) < 4.78 is 13.7. The summed E-state index contributed by atoms with van der Waals surface area (Å²) >= 11 is 3.24. The Morgan fingerprint density at radius 3 is 2.75 bits per heavy atom. The van der Waals surface area contributed by atoms with E-state index in [1.165, 1.54) is 12.1 Å². The van der Waals surface area contributed by atoms with Crippen molar-refractivity contribution in [3.8, 4) is 0 Å². The van der Waals surface area contributed by atoms with Crippen LogP contribution < -0.4 is 5.73 Å². The first kappa shape index (κ1) is 11.1. The van der Waals surface area contributed by atoms with Gasteiger partial charge in [-0.2, -0.15) is 0 Å². The number of aromatic nitrogens is 1. The molecule has 0 atom stereocenters. The van der Waals surface area contributed by atoms with Crippen LogP contribution in [-0.2, 0) is 6.42 Å². The van der Waals surface area contributed by atoms with Gasteiger partial charge in [-0.1, -0.05) is 18.2 Å². The zero-order valence-corrected chi connectivity index (χ0v) is 10.0. The Balaban J connectivity index is 2.27. The van der Waals surface area contributed by atoms with Crippen molar-refractivity contribution in [2.24, 2.45) is 0 Å². The average Bonchev–Trinajstić information content (AvgIpc) is 2.22. The molecule has 0 unspecified atom stereocenters. The van der Waals surface area contributed by atoms with E-state index in [0.717, 1.165) is 11.1 Å². The third-order valence-electron chi connectivity index (χ3n) is 2.26. The molecule has 82 valence electrons. The zero-order valence-electron chi connectivity index (χ0n) is 8.45. The molecule has 0 radical (unpaired) electrons. The van der Waals surface area contributed by atoms with E-state index in [2.05, 4.69) is 20.9 Å². The molecule has 2 nitrogen and oxygen atoms in total. The maximum atomic E-state index is 13.0. The van der Waals surface area contributed by atoms with E-state index in [4.69, 9.17) is 5.73 Å². The second-order valence-corrected chi connectivity index (χ2v) is 4.30. The van der Waals surface area contributed by atoms with Gasteiger partial charge in [0.1, 0.15) is 16.2 Å². The van der Waals surface area contributed by atoms with Crippen LogP contribution in [-0.4, -0.2) is 4.98 Å². The van der Waals surface area contributed by atoms with Crippen molar-refractivity contribution in [3.63, 3.8) is 0 Å². The molecule has 16 heavy (non-hydrogen) atoms. The minimum atomic E-state index is -0.235. The second-order valence-electron chi connectivity index (χ2n) is 3.49. The molecule has 2 aromatic rings. The lowest BCUT2D eigenvalue weighted by atomic mass is 10.1. The first-order valence-corrected chi connectivity index (χ1v) is 5.60. The molecule has 0 bridgehead atoms. The summed E-state index contributed by atoms with van der Waals surface area (Å²) in [7, 11) is 0. The molecular formula is C12H10BrFN2. The van der Waals surface area contributed by atoms with Gasteiger partial charge in [0, 0.05) is 6.42 Å². The van der Waals surface area contributed by atoms with Crippen molar-refractivity contribution in [1.82, 2.24) is 4.98 Å². The fraction of sp³-hybridized carbons (Fsp3) is 0.0833. The van der Waals surface area contributed by atoms with Crippen molar-refractivity contribution in [1.29, 1.82) is 0 Å². The normalized spacial score (nSPS) is 10.4. The van der Waals surface area contributed by atoms with Crippen molar-refractivity contribution < 1.29 is 4.39 Å². The Labute approximate surface area is 101 Å². The van der Waals surface area contributed by atoms with Gasteiger partial charge in [-0.25, -0.2) is 9.37 Å². The molecule has 0 amide bonds. The molecule has 0 aliphatic heterocycles. The minimum absolute atomic E-state index is 0.235. The molecule has 4 heteroatoms. The molecule has 2 N–H and O–H groups in total. The van der Waals surface area contributed by atoms with Gasteiger partial charge in [-0.15, -0.1) is 0 Å². The number of nitrogens with zero attached hydrogens (tertiary/aromatic N) is 1. The molecule has 2 rings (SSSR count). The number of anilines is 1. The highest BCUT2D eigenvalue weighted by molar-refractivity contribution is 9.10. The number of hydrogen-bond donors (Lipinski definition) is 1. The summed E-state index contributed by atoms with van der Waals surface area (Å²) in [6.45, 7) is 0. The zero-order chi connectivity index (χ0) is 11.5. The van der Waals surface area contributed by atoms with E-state index in [0.29, 0.717) is 16.8 Å². The maximum absolute atomic E-state index is 13.0. The van der Waals surface area contributed by atoms with Crippen LogP contribution in [0.1, 0.15) is 11.1 Å². The quantitative estimate of drug-likeness (QED) is 0.859. The average molecular weight is 281 g/mol. The minimum Gasteiger partial charge on any atom is -0.383 e. The fourth-order valence-corrected chi connectivity index (χ4v) is 1.82. The number of hydrogen-bond acceptors (Lipinski definition) is 2. The van der Waals surface area contributed by atoms with Crippen LogP contribution in [0.2, 0.25) is 0 Å². The summed E-state index contributed by atoms with van der Waals surface area (Å²) in [6.07, 6.45) is 0.587. The Kier molecular flexibility index (Phi) is 3.19. The molecule has 0 spiro atoms. The van der Waals surface area contributed by atoms with Crippen molar-refractivity contribution >= 4 is 21.7 Å². The Morgan fingerprint density at radius 1 is 1.25 bits per heavy atom. The Bertz CT molecular complexity index is 514. The van der Waals surface area contributed by atoms with Crippen molar-refractivity contribution in [3.05, 3.63) is 57.9 Å². The number of pyridine rings is 1. The van der Waals surface area contributed by atoms with Gasteiger partial charge >= 0.3 is 0 Å². The first-order valence-electron chi connectivity index (χ1n) is 4.80. The predicted octanol–water partition coefficient (Wildman–Crippen LogP) is 3.16. The van der Waals surface area contributed by atoms with Crippen LogP contribution in [0.4, 0.5) is 10.2 Å². The van der Waals surface area contributed by atoms with Crippen LogP contribution in [0, 0.1) is 5.82 Å². The van der Waals surface area contributed by atoms with E-state index in [9.17, 15) is 4.39 Å². The second kappa shape index (κ2) is 4.61. The molecule has 0 saturated carbocycles. The molecular weight excluding hydrogens is 271 g/mol. The van der Waals surface area contributed by atoms with Crippen molar-refractivity contribution in [2.75, 3.05) is 5.73 Å². The van der Waals surface area contributed by atoms with Crippen LogP contribution in [0.15, 0.2) is 41.0 Å². The fourth-order valence-electron chi connectivity index (χ4n) is 1.50. The maximum Gasteiger partial charge on any atom is 0.128 e. The molecule has 0 saturated heterocycles. The lowest BCUT2D eigenvalue weighted by Crippen LogP contribution is -1.99. The summed E-state index contributed by atoms with van der Waals surface area (Å²) in [5.74, 6) is 0.236. The van der Waals surface area contributed by atoms with E-state index in [1.807, 2.05) is 18.2 Å². The highest BCUT2D eigenvalue weighted by atomic mass is 79.9. The number of halogens is 2. The highest BCUT2D eigenvalue weighted by Gasteiger charge is 2.03. The van der Waals surface area contributed by atoms with Gasteiger partial charge in [0.05, 0.1) is 0 Å². The molecule has 0 aliphatic rings. The topological polar surface area (TPSA) is 38.9 Å². The first-order chi connectivity index (χ1) is 7.65. The van der Waals surface area contributed by atoms with Crippen LogP contribution in [0.5, 0.6) is 0 Å². The Morgan fingerprint density at radius 2 is 2.06 bits per heavy atom. The van der Waals surface area contributed by atoms with Gasteiger partial charge < -0.3 is 5.73 Å². The lowest BCUT2D eigenvalue weighted by molar-refractivity contribution is 0.626. The van der Waals surface area contributed by atoms with E-state index < -0.39 is 0 Å². The van der Waals surface area contributed by atoms with Gasteiger partial charge in [-0.3, -0.25) is 0 Å². The molecule has 1 heterocycles. The van der Waals surface area contributed by atoms with E-state index >= 15 is 0 Å². The largest absolute Gasteiger partial charge is 0.383 e. The highest BCUT2D eigenvalue weighted by Crippen LogP contribution is 2.18. The summed E-state index contributed by atoms with van der Waals surface area (Å²) in [4.78, 5) is 4.09. The predicted molar refractivity (Wildman–Crippen MR) is 65.6 cm³/mol. The lowest BCUT2D eigenvalue weighted by Gasteiger charge is -2.05. The molecule has 1 aromatic carbocycles. The number of nitrogen functional groups attached to an aromatic ring is 1. The number of nitrogens with two attached hydrogens (primary N) is 1. The summed E-state index contributed by atoms with van der Waals surface area (Å²) in [6, 6.07) is 10.2. The van der Waals surface area contributed by atoms with Gasteiger partial charge in [0.2, 0.25) is 0 Å². The van der Waals surface area contributed by atoms with Crippen LogP contribution in [0.3, 0.4) is 0 Å². The third kappa shape index (κ3) is 2.58. The summed E-state index contributed by atoms with van der Waals surface area (Å²) in [5, 5.41) is 0. The monoisotopic (exact) mass is 280 g/mol. The molecule has 0 aliphatic carbocycles. The van der Waals surface area contributed by atoms with Crippen LogP contribution in [0.25, 0.3) is 0 Å². The number of benzene rings is 1. The van der Waals surface area contributed by atoms with Crippen molar-refractivity contribution in [2.45, 2.75) is 6.42 Å². The van der Waals surface area contributed by atoms with Gasteiger partial charge in [0.15, 0.2) is 0 Å². The molecule has 0 fully saturated rings. The van der Waals surface area contributed by atoms with Gasteiger partial charge in [-0.05, 0) is 45.3 Å². The standard InChI is InChI=1S/C12H10BrFN2/c13-11-5-4-9(12(15)16-11)6-8-2-1-3-10(14)7-8/h1-5,7H,6H2,(H2,15,16). The summed E-state index contributed by atoms with van der Waals surface area (Å²) in [5.41, 5.74) is 7.55. The third-order valence-corrected chi connectivity index (χ3v) is 2.70. The smallest absolute Gasteiger partial charge is 0.128 e. The van der Waals surface area contributed by atoms with Gasteiger partial charge in [0.25, 0.3) is 0 Å². The van der Waals surface area contributed by atoms with E-state index in [1.54, 1.807) is 6.07 Å². The molecule has 1 aromatic heterocycles. The number of rotatable bonds is 2. The van der Waals surface area contributed by atoms with E-state index in [-0.39, 0.29) is 5.82 Å². The van der Waals surface area contributed by atoms with Crippen LogP contribution >= 0.6 is 15.9 Å².